The molecule has 0 aliphatic carbocycles. The van der Waals surface area contributed by atoms with Gasteiger partial charge in [0.05, 0.1) is 35.6 Å². The Labute approximate surface area is 241 Å². The summed E-state index contributed by atoms with van der Waals surface area (Å²) in [5.41, 5.74) is 2.58. The SMILES string of the molecule is CCCSc1nc2n(n1)C(c1cc(Br)c(OCC)c(OCC)c1)C(C(=O)Nc1ccccc1OCC)=C(C)N2. The van der Waals surface area contributed by atoms with Crippen LogP contribution in [0.3, 0.4) is 0 Å². The van der Waals surface area contributed by atoms with E-state index in [0.717, 1.165) is 22.2 Å². The van der Waals surface area contributed by atoms with E-state index in [-0.39, 0.29) is 5.91 Å². The standard InChI is InChI=1S/C28H34BrN5O4S/c1-6-14-39-28-32-27-30-17(5)23(26(35)31-20-12-10-11-13-21(20)36-7-2)24(34(27)33-28)18-15-19(29)25(38-9-4)22(16-18)37-8-3/h10-13,15-16,24H,6-9,14H2,1-5H3,(H,31,35)(H,30,32,33). The van der Waals surface area contributed by atoms with Crippen molar-refractivity contribution in [1.82, 2.24) is 14.8 Å². The zero-order chi connectivity index (χ0) is 27.9. The average Bonchev–Trinajstić information content (AvgIpc) is 3.32. The fraction of sp³-hybridized carbons (Fsp3) is 0.393. The lowest BCUT2D eigenvalue weighted by molar-refractivity contribution is -0.113. The summed E-state index contributed by atoms with van der Waals surface area (Å²) in [4.78, 5) is 18.7. The van der Waals surface area contributed by atoms with Gasteiger partial charge in [-0.05, 0) is 79.9 Å². The smallest absolute Gasteiger partial charge is 0.255 e. The van der Waals surface area contributed by atoms with Crippen molar-refractivity contribution in [2.75, 3.05) is 36.2 Å². The summed E-state index contributed by atoms with van der Waals surface area (Å²) in [6.07, 6.45) is 0.999. The van der Waals surface area contributed by atoms with Gasteiger partial charge in [-0.1, -0.05) is 30.8 Å². The molecule has 1 aromatic heterocycles. The van der Waals surface area contributed by atoms with Crippen molar-refractivity contribution in [1.29, 1.82) is 0 Å². The lowest BCUT2D eigenvalue weighted by Gasteiger charge is -2.29. The predicted molar refractivity (Wildman–Crippen MR) is 158 cm³/mol. The van der Waals surface area contributed by atoms with Gasteiger partial charge in [0.25, 0.3) is 5.91 Å². The summed E-state index contributed by atoms with van der Waals surface area (Å²) >= 11 is 5.25. The number of benzene rings is 2. The number of thioether (sulfide) groups is 1. The van der Waals surface area contributed by atoms with Crippen LogP contribution in [-0.2, 0) is 4.79 Å². The molecule has 2 N–H and O–H groups in total. The molecule has 1 amide bonds. The highest BCUT2D eigenvalue weighted by molar-refractivity contribution is 9.10. The monoisotopic (exact) mass is 615 g/mol. The molecule has 0 fully saturated rings. The minimum atomic E-state index is -0.574. The Morgan fingerprint density at radius 1 is 1.08 bits per heavy atom. The van der Waals surface area contributed by atoms with Gasteiger partial charge in [-0.2, -0.15) is 4.98 Å². The topological polar surface area (TPSA) is 99.5 Å². The van der Waals surface area contributed by atoms with Crippen LogP contribution in [0.2, 0.25) is 0 Å². The number of amides is 1. The van der Waals surface area contributed by atoms with Gasteiger partial charge in [0, 0.05) is 11.4 Å². The summed E-state index contributed by atoms with van der Waals surface area (Å²) in [7, 11) is 0. The number of fused-ring (bicyclic) bond motifs is 1. The van der Waals surface area contributed by atoms with E-state index in [0.29, 0.717) is 65.1 Å². The molecular formula is C28H34BrN5O4S. The molecule has 0 radical (unpaired) electrons. The second kappa shape index (κ2) is 13.3. The summed E-state index contributed by atoms with van der Waals surface area (Å²) in [6, 6.07) is 10.7. The molecule has 0 spiro atoms. The van der Waals surface area contributed by atoms with E-state index in [4.69, 9.17) is 24.3 Å². The van der Waals surface area contributed by atoms with Crippen LogP contribution in [0.25, 0.3) is 0 Å². The first-order valence-electron chi connectivity index (χ1n) is 13.1. The highest BCUT2D eigenvalue weighted by Gasteiger charge is 2.35. The van der Waals surface area contributed by atoms with Crippen LogP contribution in [-0.4, -0.2) is 46.2 Å². The Kier molecular flexibility index (Phi) is 9.79. The zero-order valence-corrected chi connectivity index (χ0v) is 25.2. The average molecular weight is 617 g/mol. The first kappa shape index (κ1) is 28.8. The first-order chi connectivity index (χ1) is 18.9. The maximum Gasteiger partial charge on any atom is 0.255 e. The van der Waals surface area contributed by atoms with Gasteiger partial charge in [-0.3, -0.25) is 4.79 Å². The Bertz CT molecular complexity index is 1360. The number of nitrogens with zero attached hydrogens (tertiary/aromatic N) is 3. The Morgan fingerprint density at radius 2 is 1.79 bits per heavy atom. The zero-order valence-electron chi connectivity index (χ0n) is 22.8. The highest BCUT2D eigenvalue weighted by atomic mass is 79.9. The third kappa shape index (κ3) is 6.36. The summed E-state index contributed by atoms with van der Waals surface area (Å²) in [6.45, 7) is 11.2. The Balaban J connectivity index is 1.83. The van der Waals surface area contributed by atoms with E-state index in [2.05, 4.69) is 33.5 Å². The number of halogens is 1. The van der Waals surface area contributed by atoms with Gasteiger partial charge in [-0.25, -0.2) is 4.68 Å². The molecule has 39 heavy (non-hydrogen) atoms. The Morgan fingerprint density at radius 3 is 2.51 bits per heavy atom. The van der Waals surface area contributed by atoms with Gasteiger partial charge in [0.1, 0.15) is 11.8 Å². The summed E-state index contributed by atoms with van der Waals surface area (Å²) < 4.78 is 20.1. The number of para-hydroxylation sites is 2. The van der Waals surface area contributed by atoms with Crippen LogP contribution in [0, 0.1) is 0 Å². The van der Waals surface area contributed by atoms with Crippen molar-refractivity contribution in [3.63, 3.8) is 0 Å². The molecule has 2 aromatic carbocycles. The van der Waals surface area contributed by atoms with Crippen molar-refractivity contribution < 1.29 is 19.0 Å². The number of rotatable bonds is 12. The van der Waals surface area contributed by atoms with Crippen LogP contribution in [0.5, 0.6) is 17.2 Å². The fourth-order valence-electron chi connectivity index (χ4n) is 4.32. The minimum absolute atomic E-state index is 0.274. The maximum absolute atomic E-state index is 14.0. The van der Waals surface area contributed by atoms with Crippen LogP contribution in [0.15, 0.2) is 57.3 Å². The summed E-state index contributed by atoms with van der Waals surface area (Å²) in [5, 5.41) is 11.8. The number of ether oxygens (including phenoxy) is 3. The van der Waals surface area contributed by atoms with Crippen molar-refractivity contribution >= 4 is 45.2 Å². The number of aromatic nitrogens is 3. The number of hydrogen-bond acceptors (Lipinski definition) is 8. The van der Waals surface area contributed by atoms with E-state index in [1.54, 1.807) is 16.4 Å². The van der Waals surface area contributed by atoms with Crippen molar-refractivity contribution in [2.24, 2.45) is 0 Å². The van der Waals surface area contributed by atoms with Gasteiger partial charge < -0.3 is 24.8 Å². The van der Waals surface area contributed by atoms with Gasteiger partial charge in [0.2, 0.25) is 11.1 Å². The first-order valence-corrected chi connectivity index (χ1v) is 14.9. The quantitative estimate of drug-likeness (QED) is 0.218. The number of allylic oxidation sites excluding steroid dienone is 1. The fourth-order valence-corrected chi connectivity index (χ4v) is 5.58. The molecule has 0 saturated carbocycles. The van der Waals surface area contributed by atoms with E-state index in [1.165, 1.54) is 0 Å². The third-order valence-corrected chi connectivity index (χ3v) is 7.52. The normalized spacial score (nSPS) is 14.5. The molecule has 208 valence electrons. The lowest BCUT2D eigenvalue weighted by atomic mass is 9.94. The van der Waals surface area contributed by atoms with Gasteiger partial charge in [0.15, 0.2) is 11.5 Å². The van der Waals surface area contributed by atoms with Gasteiger partial charge >= 0.3 is 0 Å². The molecule has 4 rings (SSSR count). The Hall–Kier alpha value is -3.18. The largest absolute Gasteiger partial charge is 0.492 e. The number of carbonyl (C=O) groups is 1. The van der Waals surface area contributed by atoms with Gasteiger partial charge in [-0.15, -0.1) is 5.10 Å². The van der Waals surface area contributed by atoms with Crippen LogP contribution in [0.1, 0.15) is 52.6 Å². The molecule has 0 saturated heterocycles. The molecular weight excluding hydrogens is 582 g/mol. The third-order valence-electron chi connectivity index (χ3n) is 5.88. The summed E-state index contributed by atoms with van der Waals surface area (Å²) in [5.74, 6) is 3.00. The molecule has 2 heterocycles. The van der Waals surface area contributed by atoms with E-state index >= 15 is 0 Å². The van der Waals surface area contributed by atoms with Crippen LogP contribution < -0.4 is 24.8 Å². The lowest BCUT2D eigenvalue weighted by Crippen LogP contribution is -2.31. The second-order valence-electron chi connectivity index (χ2n) is 8.66. The molecule has 1 atom stereocenters. The molecule has 11 heteroatoms. The van der Waals surface area contributed by atoms with Crippen LogP contribution in [0.4, 0.5) is 11.6 Å². The highest BCUT2D eigenvalue weighted by Crippen LogP contribution is 2.43. The van der Waals surface area contributed by atoms with E-state index < -0.39 is 6.04 Å². The molecule has 1 aliphatic heterocycles. The van der Waals surface area contributed by atoms with Crippen molar-refractivity contribution in [3.8, 4) is 17.2 Å². The molecule has 1 aliphatic rings. The maximum atomic E-state index is 14.0. The van der Waals surface area contributed by atoms with Crippen molar-refractivity contribution in [3.05, 3.63) is 57.7 Å². The minimum Gasteiger partial charge on any atom is -0.492 e. The molecule has 3 aromatic rings. The number of hydrogen-bond donors (Lipinski definition) is 2. The number of carbonyl (C=O) groups excluding carboxylic acids is 1. The van der Waals surface area contributed by atoms with Crippen LogP contribution >= 0.6 is 27.7 Å². The molecule has 9 nitrogen and oxygen atoms in total. The molecule has 1 unspecified atom stereocenters. The van der Waals surface area contributed by atoms with Crippen molar-refractivity contribution in [2.45, 2.75) is 52.2 Å². The van der Waals surface area contributed by atoms with E-state index in [9.17, 15) is 4.79 Å². The molecule has 0 bridgehead atoms. The predicted octanol–water partition coefficient (Wildman–Crippen LogP) is 6.67. The second-order valence-corrected chi connectivity index (χ2v) is 10.6. The number of anilines is 2. The van der Waals surface area contributed by atoms with E-state index in [1.807, 2.05) is 64.1 Å². The number of nitrogens with one attached hydrogen (secondary N) is 2.